The monoisotopic (exact) mass is 451 g/mol. The van der Waals surface area contributed by atoms with Gasteiger partial charge in [0.2, 0.25) is 0 Å². The van der Waals surface area contributed by atoms with Crippen LogP contribution in [0.3, 0.4) is 0 Å². The molecule has 0 radical (unpaired) electrons. The van der Waals surface area contributed by atoms with Crippen molar-refractivity contribution in [3.8, 4) is 22.6 Å². The van der Waals surface area contributed by atoms with Crippen LogP contribution in [0.4, 0.5) is 0 Å². The summed E-state index contributed by atoms with van der Waals surface area (Å²) in [6, 6.07) is 28.4. The standard InChI is InChI=1S/C30H33N3O/c1-4-5-16-26(23-12-8-6-9-13-23)31-30(34)28-27(24-19-17-22(18-20-24)21(2)3)32-29(33-28)25-14-10-7-11-15-25/h6-15,17-21,26H,4-5,16H2,1-3H3,(H,31,34)(H,32,33). The molecule has 0 saturated heterocycles. The zero-order chi connectivity index (χ0) is 23.9. The molecule has 1 heterocycles. The summed E-state index contributed by atoms with van der Waals surface area (Å²) < 4.78 is 0. The minimum atomic E-state index is -0.137. The molecule has 0 saturated carbocycles. The summed E-state index contributed by atoms with van der Waals surface area (Å²) in [7, 11) is 0. The van der Waals surface area contributed by atoms with Gasteiger partial charge in [0.25, 0.3) is 5.91 Å². The van der Waals surface area contributed by atoms with Gasteiger partial charge in [-0.2, -0.15) is 0 Å². The van der Waals surface area contributed by atoms with Gasteiger partial charge in [0.1, 0.15) is 17.2 Å². The lowest BCUT2D eigenvalue weighted by Gasteiger charge is -2.19. The number of amides is 1. The van der Waals surface area contributed by atoms with Crippen molar-refractivity contribution in [3.05, 3.63) is 102 Å². The fraction of sp³-hybridized carbons (Fsp3) is 0.267. The summed E-state index contributed by atoms with van der Waals surface area (Å²) in [6.07, 6.45) is 3.01. The third-order valence-electron chi connectivity index (χ3n) is 6.18. The Balaban J connectivity index is 1.71. The molecule has 3 aromatic carbocycles. The molecule has 0 spiro atoms. The van der Waals surface area contributed by atoms with Crippen molar-refractivity contribution >= 4 is 5.91 Å². The smallest absolute Gasteiger partial charge is 0.270 e. The highest BCUT2D eigenvalue weighted by molar-refractivity contribution is 5.99. The molecule has 0 aliphatic carbocycles. The van der Waals surface area contributed by atoms with Crippen molar-refractivity contribution in [3.63, 3.8) is 0 Å². The summed E-state index contributed by atoms with van der Waals surface area (Å²) in [5.74, 6) is 1.00. The van der Waals surface area contributed by atoms with Crippen molar-refractivity contribution < 1.29 is 4.79 Å². The Hall–Kier alpha value is -3.66. The number of hydrogen-bond acceptors (Lipinski definition) is 2. The van der Waals surface area contributed by atoms with Crippen LogP contribution in [0.25, 0.3) is 22.6 Å². The second kappa shape index (κ2) is 11.0. The van der Waals surface area contributed by atoms with Crippen molar-refractivity contribution in [1.82, 2.24) is 15.3 Å². The molecule has 0 aliphatic rings. The van der Waals surface area contributed by atoms with Gasteiger partial charge in [-0.25, -0.2) is 4.98 Å². The molecule has 34 heavy (non-hydrogen) atoms. The molecule has 0 bridgehead atoms. The number of aromatic amines is 1. The van der Waals surface area contributed by atoms with Crippen LogP contribution in [0.15, 0.2) is 84.9 Å². The lowest BCUT2D eigenvalue weighted by molar-refractivity contribution is 0.0930. The molecule has 1 aromatic heterocycles. The van der Waals surface area contributed by atoms with Gasteiger partial charge in [0, 0.05) is 11.1 Å². The quantitative estimate of drug-likeness (QED) is 0.276. The number of carbonyl (C=O) groups is 1. The molecule has 174 valence electrons. The molecule has 1 unspecified atom stereocenters. The molecule has 1 amide bonds. The van der Waals surface area contributed by atoms with Crippen LogP contribution < -0.4 is 5.32 Å². The van der Waals surface area contributed by atoms with E-state index in [-0.39, 0.29) is 11.9 Å². The van der Waals surface area contributed by atoms with Crippen LogP contribution in [0.5, 0.6) is 0 Å². The minimum absolute atomic E-state index is 0.0479. The highest BCUT2D eigenvalue weighted by Crippen LogP contribution is 2.29. The van der Waals surface area contributed by atoms with Crippen molar-refractivity contribution in [2.75, 3.05) is 0 Å². The number of nitrogens with one attached hydrogen (secondary N) is 2. The molecule has 1 atom stereocenters. The summed E-state index contributed by atoms with van der Waals surface area (Å²) in [6.45, 7) is 6.52. The topological polar surface area (TPSA) is 57.8 Å². The molecule has 4 nitrogen and oxygen atoms in total. The Morgan fingerprint density at radius 1 is 0.853 bits per heavy atom. The predicted octanol–water partition coefficient (Wildman–Crippen LogP) is 7.53. The van der Waals surface area contributed by atoms with E-state index < -0.39 is 0 Å². The van der Waals surface area contributed by atoms with Gasteiger partial charge in [-0.1, -0.05) is 119 Å². The number of nitrogens with zero attached hydrogens (tertiary/aromatic N) is 1. The normalized spacial score (nSPS) is 12.0. The lowest BCUT2D eigenvalue weighted by Crippen LogP contribution is -2.29. The maximum absolute atomic E-state index is 13.6. The Bertz CT molecular complexity index is 1200. The second-order valence-corrected chi connectivity index (χ2v) is 9.03. The molecular formula is C30H33N3O. The van der Waals surface area contributed by atoms with Crippen molar-refractivity contribution in [2.24, 2.45) is 0 Å². The number of hydrogen-bond donors (Lipinski definition) is 2. The SMILES string of the molecule is CCCCC(NC(=O)c1[nH]c(-c2ccccc2)nc1-c1ccc(C(C)C)cc1)c1ccccc1. The molecule has 0 aliphatic heterocycles. The third kappa shape index (κ3) is 5.45. The zero-order valence-electron chi connectivity index (χ0n) is 20.2. The number of benzene rings is 3. The van der Waals surface area contributed by atoms with E-state index in [0.29, 0.717) is 23.1 Å². The first-order valence-corrected chi connectivity index (χ1v) is 12.2. The summed E-state index contributed by atoms with van der Waals surface area (Å²) in [5.41, 5.74) is 5.43. The Kier molecular flexibility index (Phi) is 7.58. The number of rotatable bonds is 9. The lowest BCUT2D eigenvalue weighted by atomic mass is 9.99. The number of aromatic nitrogens is 2. The van der Waals surface area contributed by atoms with Crippen LogP contribution in [0, 0.1) is 0 Å². The van der Waals surface area contributed by atoms with Gasteiger partial charge in [-0.15, -0.1) is 0 Å². The Morgan fingerprint density at radius 2 is 1.50 bits per heavy atom. The van der Waals surface area contributed by atoms with Gasteiger partial charge in [-0.3, -0.25) is 4.79 Å². The zero-order valence-corrected chi connectivity index (χ0v) is 20.2. The van der Waals surface area contributed by atoms with Crippen LogP contribution >= 0.6 is 0 Å². The number of carbonyl (C=O) groups excluding carboxylic acids is 1. The third-order valence-corrected chi connectivity index (χ3v) is 6.18. The van der Waals surface area contributed by atoms with Crippen molar-refractivity contribution in [2.45, 2.75) is 52.0 Å². The van der Waals surface area contributed by atoms with Crippen LogP contribution in [0.2, 0.25) is 0 Å². The van der Waals surface area contributed by atoms with Gasteiger partial charge < -0.3 is 10.3 Å². The maximum Gasteiger partial charge on any atom is 0.270 e. The summed E-state index contributed by atoms with van der Waals surface area (Å²) >= 11 is 0. The first-order chi connectivity index (χ1) is 16.6. The van der Waals surface area contributed by atoms with Gasteiger partial charge in [0.05, 0.1) is 6.04 Å². The Morgan fingerprint density at radius 3 is 2.12 bits per heavy atom. The average molecular weight is 452 g/mol. The highest BCUT2D eigenvalue weighted by atomic mass is 16.2. The minimum Gasteiger partial charge on any atom is -0.344 e. The highest BCUT2D eigenvalue weighted by Gasteiger charge is 2.22. The molecule has 0 fully saturated rings. The second-order valence-electron chi connectivity index (χ2n) is 9.03. The molecule has 4 heteroatoms. The van der Waals surface area contributed by atoms with Crippen molar-refractivity contribution in [1.29, 1.82) is 0 Å². The fourth-order valence-corrected chi connectivity index (χ4v) is 4.15. The van der Waals surface area contributed by atoms with E-state index in [0.717, 1.165) is 36.0 Å². The van der Waals surface area contributed by atoms with E-state index >= 15 is 0 Å². The average Bonchev–Trinajstić information content (AvgIpc) is 3.33. The van der Waals surface area contributed by atoms with E-state index in [1.54, 1.807) is 0 Å². The van der Waals surface area contributed by atoms with Crippen LogP contribution in [-0.2, 0) is 0 Å². The first kappa shape index (κ1) is 23.5. The van der Waals surface area contributed by atoms with Crippen LogP contribution in [0.1, 0.15) is 73.6 Å². The van der Waals surface area contributed by atoms with Gasteiger partial charge in [0.15, 0.2) is 0 Å². The number of unbranched alkanes of at least 4 members (excludes halogenated alkanes) is 1. The van der Waals surface area contributed by atoms with E-state index in [2.05, 4.69) is 67.5 Å². The maximum atomic E-state index is 13.6. The summed E-state index contributed by atoms with van der Waals surface area (Å²) in [5, 5.41) is 3.28. The van der Waals surface area contributed by atoms with Crippen LogP contribution in [-0.4, -0.2) is 15.9 Å². The molecular weight excluding hydrogens is 418 g/mol. The van der Waals surface area contributed by atoms with E-state index in [9.17, 15) is 4.79 Å². The van der Waals surface area contributed by atoms with E-state index in [4.69, 9.17) is 4.98 Å². The number of H-pyrrole nitrogens is 1. The van der Waals surface area contributed by atoms with Gasteiger partial charge >= 0.3 is 0 Å². The Labute approximate surface area is 202 Å². The number of imidazole rings is 1. The summed E-state index contributed by atoms with van der Waals surface area (Å²) in [4.78, 5) is 21.8. The molecule has 4 aromatic rings. The first-order valence-electron chi connectivity index (χ1n) is 12.2. The largest absolute Gasteiger partial charge is 0.344 e. The van der Waals surface area contributed by atoms with Gasteiger partial charge in [-0.05, 0) is 23.5 Å². The molecule has 2 N–H and O–H groups in total. The molecule has 4 rings (SSSR count). The van der Waals surface area contributed by atoms with E-state index in [1.807, 2.05) is 48.5 Å². The van der Waals surface area contributed by atoms with E-state index in [1.165, 1.54) is 5.56 Å². The predicted molar refractivity (Wildman–Crippen MR) is 140 cm³/mol. The fourth-order valence-electron chi connectivity index (χ4n) is 4.15.